The first-order valence-electron chi connectivity index (χ1n) is 5.48. The van der Waals surface area contributed by atoms with Gasteiger partial charge < -0.3 is 10.6 Å². The monoisotopic (exact) mass is 330 g/mol. The van der Waals surface area contributed by atoms with Crippen molar-refractivity contribution in [3.63, 3.8) is 0 Å². The molecule has 0 saturated carbocycles. The van der Waals surface area contributed by atoms with Crippen LogP contribution in [0.2, 0.25) is 5.02 Å². The van der Waals surface area contributed by atoms with Crippen LogP contribution in [0.15, 0.2) is 22.7 Å². The van der Waals surface area contributed by atoms with Gasteiger partial charge in [-0.05, 0) is 33.6 Å². The van der Waals surface area contributed by atoms with Gasteiger partial charge in [-0.1, -0.05) is 17.7 Å². The van der Waals surface area contributed by atoms with Crippen LogP contribution >= 0.6 is 27.5 Å². The molecule has 2 amide bonds. The summed E-state index contributed by atoms with van der Waals surface area (Å²) in [6.45, 7) is 0.845. The summed E-state index contributed by atoms with van der Waals surface area (Å²) in [5, 5.41) is 0.602. The Morgan fingerprint density at radius 3 is 2.83 bits per heavy atom. The number of likely N-dealkylation sites (tertiary alicyclic amines) is 1. The van der Waals surface area contributed by atoms with Crippen molar-refractivity contribution in [1.29, 1.82) is 0 Å². The quantitative estimate of drug-likeness (QED) is 0.920. The molecule has 1 aliphatic rings. The molecule has 1 unspecified atom stereocenters. The molecule has 0 aromatic heterocycles. The SMILES string of the molecule is NC(=O)C1CC(=O)N(Cc2ccc(Br)c(Cl)c2)C1. The summed E-state index contributed by atoms with van der Waals surface area (Å²) >= 11 is 9.30. The fraction of sp³-hybridized carbons (Fsp3) is 0.333. The average molecular weight is 332 g/mol. The molecule has 0 bridgehead atoms. The fourth-order valence-electron chi connectivity index (χ4n) is 1.97. The van der Waals surface area contributed by atoms with Gasteiger partial charge in [0, 0.05) is 24.0 Å². The second-order valence-electron chi connectivity index (χ2n) is 4.33. The minimum Gasteiger partial charge on any atom is -0.369 e. The Hall–Kier alpha value is -1.07. The van der Waals surface area contributed by atoms with Crippen molar-refractivity contribution in [2.75, 3.05) is 6.54 Å². The molecular weight excluding hydrogens is 320 g/mol. The third-order valence-corrected chi connectivity index (χ3v) is 4.21. The van der Waals surface area contributed by atoms with Crippen molar-refractivity contribution >= 4 is 39.3 Å². The summed E-state index contributed by atoms with van der Waals surface area (Å²) in [6, 6.07) is 5.53. The number of halogens is 2. The molecule has 0 radical (unpaired) electrons. The van der Waals surface area contributed by atoms with E-state index in [-0.39, 0.29) is 18.2 Å². The predicted molar refractivity (Wildman–Crippen MR) is 71.9 cm³/mol. The molecule has 1 heterocycles. The van der Waals surface area contributed by atoms with E-state index < -0.39 is 5.91 Å². The van der Waals surface area contributed by atoms with E-state index in [0.29, 0.717) is 18.1 Å². The Morgan fingerprint density at radius 2 is 2.28 bits per heavy atom. The van der Waals surface area contributed by atoms with Gasteiger partial charge in [-0.25, -0.2) is 0 Å². The van der Waals surface area contributed by atoms with E-state index in [0.717, 1.165) is 10.0 Å². The number of carbonyl (C=O) groups excluding carboxylic acids is 2. The Morgan fingerprint density at radius 1 is 1.56 bits per heavy atom. The molecule has 1 aromatic carbocycles. The maximum atomic E-state index is 11.7. The highest BCUT2D eigenvalue weighted by Crippen LogP contribution is 2.25. The number of nitrogens with zero attached hydrogens (tertiary/aromatic N) is 1. The third kappa shape index (κ3) is 2.84. The Labute approximate surface area is 118 Å². The van der Waals surface area contributed by atoms with E-state index in [1.165, 1.54) is 0 Å². The lowest BCUT2D eigenvalue weighted by atomic mass is 10.1. The first kappa shape index (κ1) is 13.4. The lowest BCUT2D eigenvalue weighted by Gasteiger charge is -2.16. The third-order valence-electron chi connectivity index (χ3n) is 2.97. The normalized spacial score (nSPS) is 19.3. The van der Waals surface area contributed by atoms with Gasteiger partial charge in [0.2, 0.25) is 11.8 Å². The van der Waals surface area contributed by atoms with Crippen molar-refractivity contribution in [2.24, 2.45) is 11.7 Å². The van der Waals surface area contributed by atoms with Gasteiger partial charge in [0.05, 0.1) is 10.9 Å². The predicted octanol–water partition coefficient (Wildman–Crippen LogP) is 1.94. The van der Waals surface area contributed by atoms with E-state index in [4.69, 9.17) is 17.3 Å². The van der Waals surface area contributed by atoms with Crippen LogP contribution in [0.25, 0.3) is 0 Å². The minimum absolute atomic E-state index is 0.0437. The summed E-state index contributed by atoms with van der Waals surface area (Å²) in [7, 11) is 0. The van der Waals surface area contributed by atoms with Crippen molar-refractivity contribution in [1.82, 2.24) is 4.90 Å². The number of rotatable bonds is 3. The molecule has 1 aromatic rings. The molecule has 1 saturated heterocycles. The zero-order valence-electron chi connectivity index (χ0n) is 9.53. The van der Waals surface area contributed by atoms with Crippen molar-refractivity contribution in [3.05, 3.63) is 33.3 Å². The number of hydrogen-bond acceptors (Lipinski definition) is 2. The van der Waals surface area contributed by atoms with Crippen molar-refractivity contribution in [3.8, 4) is 0 Å². The lowest BCUT2D eigenvalue weighted by Crippen LogP contribution is -2.28. The number of nitrogens with two attached hydrogens (primary N) is 1. The molecule has 2 rings (SSSR count). The van der Waals surface area contributed by atoms with E-state index in [9.17, 15) is 9.59 Å². The van der Waals surface area contributed by atoms with Crippen LogP contribution in [-0.2, 0) is 16.1 Å². The number of carbonyl (C=O) groups is 2. The molecule has 18 heavy (non-hydrogen) atoms. The van der Waals surface area contributed by atoms with Gasteiger partial charge in [0.15, 0.2) is 0 Å². The fourth-order valence-corrected chi connectivity index (χ4v) is 2.42. The summed E-state index contributed by atoms with van der Waals surface area (Å²) in [5.41, 5.74) is 6.15. The summed E-state index contributed by atoms with van der Waals surface area (Å²) in [5.74, 6) is -0.832. The molecule has 4 nitrogen and oxygen atoms in total. The smallest absolute Gasteiger partial charge is 0.223 e. The molecule has 6 heteroatoms. The summed E-state index contributed by atoms with van der Waals surface area (Å²) < 4.78 is 0.815. The average Bonchev–Trinajstić information content (AvgIpc) is 2.66. The number of amides is 2. The zero-order chi connectivity index (χ0) is 13.3. The van der Waals surface area contributed by atoms with Crippen molar-refractivity contribution < 1.29 is 9.59 Å². The first-order valence-corrected chi connectivity index (χ1v) is 6.65. The van der Waals surface area contributed by atoms with Crippen LogP contribution < -0.4 is 5.73 Å². The second kappa shape index (κ2) is 5.28. The molecular formula is C12H12BrClN2O2. The van der Waals surface area contributed by atoms with Crippen LogP contribution in [0, 0.1) is 5.92 Å². The van der Waals surface area contributed by atoms with Crippen LogP contribution in [0.5, 0.6) is 0 Å². The number of primary amides is 1. The molecule has 2 N–H and O–H groups in total. The Bertz CT molecular complexity index is 507. The van der Waals surface area contributed by atoms with Gasteiger partial charge in [-0.15, -0.1) is 0 Å². The largest absolute Gasteiger partial charge is 0.369 e. The first-order chi connectivity index (χ1) is 8.47. The maximum Gasteiger partial charge on any atom is 0.223 e. The van der Waals surface area contributed by atoms with E-state index in [2.05, 4.69) is 15.9 Å². The number of benzene rings is 1. The lowest BCUT2D eigenvalue weighted by molar-refractivity contribution is -0.128. The molecule has 96 valence electrons. The van der Waals surface area contributed by atoms with Gasteiger partial charge in [-0.3, -0.25) is 9.59 Å². The highest BCUT2D eigenvalue weighted by atomic mass is 79.9. The molecule has 1 atom stereocenters. The minimum atomic E-state index is -0.417. The highest BCUT2D eigenvalue weighted by molar-refractivity contribution is 9.10. The molecule has 1 fully saturated rings. The Kier molecular flexibility index (Phi) is 3.92. The molecule has 0 aliphatic carbocycles. The maximum absolute atomic E-state index is 11.7. The van der Waals surface area contributed by atoms with Gasteiger partial charge >= 0.3 is 0 Å². The van der Waals surface area contributed by atoms with Crippen LogP contribution in [-0.4, -0.2) is 23.3 Å². The highest BCUT2D eigenvalue weighted by Gasteiger charge is 2.32. The van der Waals surface area contributed by atoms with Gasteiger partial charge in [0.1, 0.15) is 0 Å². The molecule has 1 aliphatic heterocycles. The van der Waals surface area contributed by atoms with E-state index >= 15 is 0 Å². The van der Waals surface area contributed by atoms with Crippen molar-refractivity contribution in [2.45, 2.75) is 13.0 Å². The summed E-state index contributed by atoms with van der Waals surface area (Å²) in [4.78, 5) is 24.4. The topological polar surface area (TPSA) is 63.4 Å². The van der Waals surface area contributed by atoms with Crippen LogP contribution in [0.4, 0.5) is 0 Å². The number of hydrogen-bond donors (Lipinski definition) is 1. The second-order valence-corrected chi connectivity index (χ2v) is 5.59. The standard InChI is InChI=1S/C12H12BrClN2O2/c13-9-2-1-7(3-10(9)14)5-16-6-8(12(15)18)4-11(16)17/h1-3,8H,4-6H2,(H2,15,18). The van der Waals surface area contributed by atoms with E-state index in [1.807, 2.05) is 12.1 Å². The zero-order valence-corrected chi connectivity index (χ0v) is 11.9. The van der Waals surface area contributed by atoms with Gasteiger partial charge in [-0.2, -0.15) is 0 Å². The van der Waals surface area contributed by atoms with Crippen LogP contribution in [0.3, 0.4) is 0 Å². The van der Waals surface area contributed by atoms with Gasteiger partial charge in [0.25, 0.3) is 0 Å². The Balaban J connectivity index is 2.08. The molecule has 0 spiro atoms. The summed E-state index contributed by atoms with van der Waals surface area (Å²) in [6.07, 6.45) is 0.208. The van der Waals surface area contributed by atoms with Crippen LogP contribution in [0.1, 0.15) is 12.0 Å². The van der Waals surface area contributed by atoms with E-state index in [1.54, 1.807) is 11.0 Å².